The minimum atomic E-state index is -0.182. The third kappa shape index (κ3) is 4.98. The van der Waals surface area contributed by atoms with Crippen molar-refractivity contribution in [1.82, 2.24) is 0 Å². The van der Waals surface area contributed by atoms with E-state index in [0.29, 0.717) is 17.3 Å². The second-order valence-corrected chi connectivity index (χ2v) is 10.9. The third-order valence-corrected chi connectivity index (χ3v) is 8.63. The summed E-state index contributed by atoms with van der Waals surface area (Å²) in [5.74, 6) is 3.58. The van der Waals surface area contributed by atoms with Gasteiger partial charge in [-0.2, -0.15) is 0 Å². The third-order valence-electron chi connectivity index (χ3n) is 8.63. The van der Waals surface area contributed by atoms with Crippen molar-refractivity contribution in [2.75, 3.05) is 0 Å². The summed E-state index contributed by atoms with van der Waals surface area (Å²) < 4.78 is 0. The summed E-state index contributed by atoms with van der Waals surface area (Å²) in [4.78, 5) is 0. The van der Waals surface area contributed by atoms with Crippen LogP contribution >= 0.6 is 0 Å². The molecule has 0 unspecified atom stereocenters. The number of hydrogen-bond acceptors (Lipinski definition) is 1. The fourth-order valence-electron chi connectivity index (χ4n) is 6.25. The van der Waals surface area contributed by atoms with Crippen LogP contribution in [0.15, 0.2) is 47.6 Å². The van der Waals surface area contributed by atoms with Crippen molar-refractivity contribution in [3.05, 3.63) is 47.6 Å². The summed E-state index contributed by atoms with van der Waals surface area (Å²) in [7, 11) is 0. The van der Waals surface area contributed by atoms with Gasteiger partial charge in [-0.1, -0.05) is 76.6 Å². The van der Waals surface area contributed by atoms with Gasteiger partial charge in [0, 0.05) is 0 Å². The molecule has 0 aromatic rings. The van der Waals surface area contributed by atoms with Crippen LogP contribution < -0.4 is 0 Å². The number of aliphatic hydroxyl groups is 1. The molecule has 3 aliphatic rings. The van der Waals surface area contributed by atoms with Crippen molar-refractivity contribution in [1.29, 1.82) is 0 Å². The summed E-state index contributed by atoms with van der Waals surface area (Å²) in [6, 6.07) is 0. The fourth-order valence-corrected chi connectivity index (χ4v) is 6.25. The van der Waals surface area contributed by atoms with Gasteiger partial charge in [0.1, 0.15) is 0 Å². The van der Waals surface area contributed by atoms with Crippen LogP contribution in [-0.4, -0.2) is 11.2 Å². The van der Waals surface area contributed by atoms with Gasteiger partial charge < -0.3 is 5.11 Å². The molecule has 3 fully saturated rings. The molecular weight excluding hydrogens is 352 g/mol. The average molecular weight is 397 g/mol. The van der Waals surface area contributed by atoms with Crippen molar-refractivity contribution in [3.63, 3.8) is 0 Å². The Hall–Kier alpha value is -1.08. The normalized spacial score (nSPS) is 38.2. The first-order chi connectivity index (χ1) is 13.7. The molecule has 1 heteroatoms. The molecule has 29 heavy (non-hydrogen) atoms. The zero-order valence-electron chi connectivity index (χ0n) is 19.6. The molecule has 0 aromatic carbocycles. The smallest absolute Gasteiger partial charge is 0.0583 e. The van der Waals surface area contributed by atoms with Crippen LogP contribution in [0.2, 0.25) is 0 Å². The molecule has 0 bridgehead atoms. The zero-order valence-corrected chi connectivity index (χ0v) is 19.6. The largest absolute Gasteiger partial charge is 0.393 e. The summed E-state index contributed by atoms with van der Waals surface area (Å²) in [6.45, 7) is 16.3. The van der Waals surface area contributed by atoms with Gasteiger partial charge in [0.2, 0.25) is 0 Å². The molecule has 0 aromatic heterocycles. The van der Waals surface area contributed by atoms with Crippen LogP contribution in [0.5, 0.6) is 0 Å². The summed E-state index contributed by atoms with van der Waals surface area (Å²) in [6.07, 6.45) is 18.8. The van der Waals surface area contributed by atoms with E-state index >= 15 is 0 Å². The van der Waals surface area contributed by atoms with Crippen molar-refractivity contribution in [2.24, 2.45) is 35.0 Å². The van der Waals surface area contributed by atoms with Gasteiger partial charge in [-0.15, -0.1) is 0 Å². The second-order valence-electron chi connectivity index (χ2n) is 10.9. The molecule has 162 valence electrons. The Balaban J connectivity index is 1.75. The Morgan fingerprint density at radius 3 is 2.52 bits per heavy atom. The Morgan fingerprint density at radius 1 is 1.03 bits per heavy atom. The number of rotatable bonds is 5. The molecule has 0 radical (unpaired) electrons. The highest BCUT2D eigenvalue weighted by atomic mass is 16.3. The summed E-state index contributed by atoms with van der Waals surface area (Å²) in [5, 5.41) is 10.0. The van der Waals surface area contributed by atoms with Crippen molar-refractivity contribution in [2.45, 2.75) is 92.1 Å². The van der Waals surface area contributed by atoms with Crippen LogP contribution in [0.4, 0.5) is 0 Å². The van der Waals surface area contributed by atoms with Crippen molar-refractivity contribution < 1.29 is 5.11 Å². The number of fused-ring (bicyclic) bond motifs is 1. The monoisotopic (exact) mass is 396 g/mol. The van der Waals surface area contributed by atoms with Crippen LogP contribution in [0.1, 0.15) is 86.0 Å². The maximum Gasteiger partial charge on any atom is 0.0583 e. The maximum absolute atomic E-state index is 10.0. The quantitative estimate of drug-likeness (QED) is 0.473. The SMILES string of the molecule is C=C1CC[C@@H](O)C/C1=C\C=C1\CCC[C@@]2(C)[C@@H]([C@@H](C)/C=C/[C@H](C)C(C)C)CC[C@@H]12. The predicted octanol–water partition coefficient (Wildman–Crippen LogP) is 7.64. The van der Waals surface area contributed by atoms with Gasteiger partial charge in [-0.25, -0.2) is 0 Å². The molecule has 3 saturated carbocycles. The first-order valence-corrected chi connectivity index (χ1v) is 12.2. The first-order valence-electron chi connectivity index (χ1n) is 12.2. The Kier molecular flexibility index (Phi) is 7.31. The lowest BCUT2D eigenvalue weighted by atomic mass is 9.61. The Labute approximate surface area is 180 Å². The van der Waals surface area contributed by atoms with E-state index in [1.165, 1.54) is 43.3 Å². The van der Waals surface area contributed by atoms with E-state index in [0.717, 1.165) is 37.0 Å². The van der Waals surface area contributed by atoms with E-state index in [-0.39, 0.29) is 6.10 Å². The van der Waals surface area contributed by atoms with Crippen LogP contribution in [0.3, 0.4) is 0 Å². The molecule has 0 amide bonds. The van der Waals surface area contributed by atoms with Crippen molar-refractivity contribution in [3.8, 4) is 0 Å². The van der Waals surface area contributed by atoms with Gasteiger partial charge in [0.15, 0.2) is 0 Å². The molecule has 0 aliphatic heterocycles. The van der Waals surface area contributed by atoms with Crippen LogP contribution in [0, 0.1) is 35.0 Å². The number of allylic oxidation sites excluding steroid dienone is 6. The molecule has 3 aliphatic carbocycles. The van der Waals surface area contributed by atoms with E-state index < -0.39 is 0 Å². The average Bonchev–Trinajstić information content (AvgIpc) is 3.04. The zero-order chi connectivity index (χ0) is 21.2. The highest BCUT2D eigenvalue weighted by Gasteiger charge is 2.50. The lowest BCUT2D eigenvalue weighted by molar-refractivity contribution is 0.112. The summed E-state index contributed by atoms with van der Waals surface area (Å²) >= 11 is 0. The number of aliphatic hydroxyl groups excluding tert-OH is 1. The van der Waals surface area contributed by atoms with E-state index in [9.17, 15) is 5.11 Å². The van der Waals surface area contributed by atoms with Gasteiger partial charge in [0.05, 0.1) is 6.10 Å². The van der Waals surface area contributed by atoms with Gasteiger partial charge in [-0.3, -0.25) is 0 Å². The molecule has 0 spiro atoms. The van der Waals surface area contributed by atoms with Crippen LogP contribution in [0.25, 0.3) is 0 Å². The van der Waals surface area contributed by atoms with Gasteiger partial charge in [-0.05, 0) is 91.9 Å². The topological polar surface area (TPSA) is 20.2 Å². The molecule has 0 saturated heterocycles. The number of hydrogen-bond donors (Lipinski definition) is 1. The second kappa shape index (κ2) is 9.38. The van der Waals surface area contributed by atoms with E-state index in [1.54, 1.807) is 5.57 Å². The Morgan fingerprint density at radius 2 is 1.79 bits per heavy atom. The molecule has 3 rings (SSSR count). The minimum Gasteiger partial charge on any atom is -0.393 e. The van der Waals surface area contributed by atoms with Crippen molar-refractivity contribution >= 4 is 0 Å². The van der Waals surface area contributed by atoms with Gasteiger partial charge >= 0.3 is 0 Å². The minimum absolute atomic E-state index is 0.182. The lowest BCUT2D eigenvalue weighted by Crippen LogP contribution is -2.35. The molecule has 1 nitrogen and oxygen atoms in total. The summed E-state index contributed by atoms with van der Waals surface area (Å²) in [5.41, 5.74) is 4.61. The van der Waals surface area contributed by atoms with E-state index in [4.69, 9.17) is 0 Å². The molecule has 1 N–H and O–H groups in total. The predicted molar refractivity (Wildman–Crippen MR) is 126 cm³/mol. The molecular formula is C28H44O. The van der Waals surface area contributed by atoms with Gasteiger partial charge in [0.25, 0.3) is 0 Å². The Bertz CT molecular complexity index is 678. The highest BCUT2D eigenvalue weighted by molar-refractivity contribution is 5.36. The maximum atomic E-state index is 10.0. The standard InChI is InChI=1S/C28H44O/c1-19(2)20(3)9-10-22(5)26-15-16-27-23(8-7-17-28(26,27)6)12-13-24-18-25(29)14-11-21(24)4/h9-10,12-13,19-20,22,25-27,29H,4,7-8,11,14-18H2,1-3,5-6H3/b10-9+,23-12-,24-13+/t20-,22-,25+,26+,27-,28-/m0/s1. The molecule has 6 atom stereocenters. The molecule has 0 heterocycles. The first kappa shape index (κ1) is 22.6. The fraction of sp³-hybridized carbons (Fsp3) is 0.714. The lowest BCUT2D eigenvalue weighted by Gasteiger charge is -2.44. The van der Waals surface area contributed by atoms with E-state index in [1.807, 2.05) is 0 Å². The highest BCUT2D eigenvalue weighted by Crippen LogP contribution is 2.59. The van der Waals surface area contributed by atoms with Crippen LogP contribution in [-0.2, 0) is 0 Å². The van der Waals surface area contributed by atoms with E-state index in [2.05, 4.69) is 65.5 Å².